The Morgan fingerprint density at radius 3 is 2.80 bits per heavy atom. The molecule has 1 aliphatic rings. The van der Waals surface area contributed by atoms with E-state index in [1.165, 1.54) is 0 Å². The molecular weight excluding hydrogens is 272 g/mol. The van der Waals surface area contributed by atoms with Crippen LogP contribution >= 0.6 is 11.8 Å². The maximum Gasteiger partial charge on any atom is 0.207 e. The van der Waals surface area contributed by atoms with Crippen molar-refractivity contribution in [3.05, 3.63) is 54.1 Å². The van der Waals surface area contributed by atoms with Gasteiger partial charge in [0.25, 0.3) is 0 Å². The van der Waals surface area contributed by atoms with E-state index in [2.05, 4.69) is 0 Å². The van der Waals surface area contributed by atoms with Crippen molar-refractivity contribution in [2.45, 2.75) is 11.0 Å². The lowest BCUT2D eigenvalue weighted by Gasteiger charge is -2.24. The third-order valence-corrected chi connectivity index (χ3v) is 4.29. The summed E-state index contributed by atoms with van der Waals surface area (Å²) in [4.78, 5) is 13.7. The van der Waals surface area contributed by atoms with Gasteiger partial charge in [-0.05, 0) is 24.3 Å². The highest BCUT2D eigenvalue weighted by atomic mass is 32.2. The van der Waals surface area contributed by atoms with Gasteiger partial charge in [-0.25, -0.2) is 0 Å². The molecule has 0 saturated heterocycles. The minimum atomic E-state index is -0.466. The highest BCUT2D eigenvalue weighted by Gasteiger charge is 2.28. The first-order valence-electron chi connectivity index (χ1n) is 6.35. The van der Waals surface area contributed by atoms with Gasteiger partial charge in [-0.3, -0.25) is 4.79 Å². The van der Waals surface area contributed by atoms with Crippen molar-refractivity contribution in [2.24, 2.45) is 0 Å². The number of para-hydroxylation sites is 2. The Kier molecular flexibility index (Phi) is 3.65. The molecule has 1 aliphatic heterocycles. The molecule has 0 aliphatic carbocycles. The van der Waals surface area contributed by atoms with Crippen molar-refractivity contribution in [2.75, 3.05) is 12.9 Å². The van der Waals surface area contributed by atoms with E-state index in [0.717, 1.165) is 10.6 Å². The van der Waals surface area contributed by atoms with Gasteiger partial charge in [0.1, 0.15) is 11.5 Å². The van der Waals surface area contributed by atoms with Crippen LogP contribution in [0.1, 0.15) is 10.4 Å². The van der Waals surface area contributed by atoms with E-state index in [-0.39, 0.29) is 5.78 Å². The third kappa shape index (κ3) is 2.39. The van der Waals surface area contributed by atoms with Gasteiger partial charge in [0, 0.05) is 10.6 Å². The molecule has 2 aromatic rings. The lowest BCUT2D eigenvalue weighted by Crippen LogP contribution is -2.32. The number of hydrogen-bond acceptors (Lipinski definition) is 4. The van der Waals surface area contributed by atoms with Crippen LogP contribution in [0.25, 0.3) is 0 Å². The van der Waals surface area contributed by atoms with Gasteiger partial charge in [0.15, 0.2) is 6.10 Å². The molecule has 3 nitrogen and oxygen atoms in total. The Balaban J connectivity index is 1.86. The molecule has 0 fully saturated rings. The van der Waals surface area contributed by atoms with Gasteiger partial charge in [-0.1, -0.05) is 24.3 Å². The second-order valence-electron chi connectivity index (χ2n) is 4.43. The SMILES string of the molecule is COc1ccccc1C(=O)C1CSc2ccccc2O1. The Morgan fingerprint density at radius 1 is 1.20 bits per heavy atom. The van der Waals surface area contributed by atoms with Gasteiger partial charge < -0.3 is 9.47 Å². The minimum absolute atomic E-state index is 0.0375. The van der Waals surface area contributed by atoms with E-state index in [0.29, 0.717) is 17.1 Å². The molecule has 0 spiro atoms. The molecule has 4 heteroatoms. The zero-order valence-corrected chi connectivity index (χ0v) is 11.9. The Hall–Kier alpha value is -1.94. The number of fused-ring (bicyclic) bond motifs is 1. The predicted molar refractivity (Wildman–Crippen MR) is 78.9 cm³/mol. The van der Waals surface area contributed by atoms with Crippen LogP contribution in [-0.4, -0.2) is 24.7 Å². The van der Waals surface area contributed by atoms with Crippen LogP contribution in [-0.2, 0) is 0 Å². The normalized spacial score (nSPS) is 16.9. The average Bonchev–Trinajstić information content (AvgIpc) is 2.53. The van der Waals surface area contributed by atoms with Crippen molar-refractivity contribution in [1.82, 2.24) is 0 Å². The zero-order valence-electron chi connectivity index (χ0n) is 11.0. The van der Waals surface area contributed by atoms with Crippen molar-refractivity contribution < 1.29 is 14.3 Å². The fourth-order valence-electron chi connectivity index (χ4n) is 2.17. The van der Waals surface area contributed by atoms with E-state index in [1.807, 2.05) is 36.4 Å². The molecule has 0 aromatic heterocycles. The summed E-state index contributed by atoms with van der Waals surface area (Å²) in [5.74, 6) is 1.94. The number of carbonyl (C=O) groups excluding carboxylic acids is 1. The van der Waals surface area contributed by atoms with Crippen LogP contribution in [0.4, 0.5) is 0 Å². The minimum Gasteiger partial charge on any atom is -0.496 e. The molecule has 1 atom stereocenters. The molecule has 102 valence electrons. The van der Waals surface area contributed by atoms with E-state index in [4.69, 9.17) is 9.47 Å². The average molecular weight is 286 g/mol. The first kappa shape index (κ1) is 13.1. The zero-order chi connectivity index (χ0) is 13.9. The Labute approximate surface area is 121 Å². The molecule has 1 heterocycles. The van der Waals surface area contributed by atoms with Crippen LogP contribution in [0.15, 0.2) is 53.4 Å². The number of Topliss-reactive ketones (excluding diaryl/α,β-unsaturated/α-hetero) is 1. The highest BCUT2D eigenvalue weighted by Crippen LogP contribution is 2.36. The van der Waals surface area contributed by atoms with Crippen molar-refractivity contribution in [3.63, 3.8) is 0 Å². The Bertz CT molecular complexity index is 639. The second-order valence-corrected chi connectivity index (χ2v) is 5.49. The number of ketones is 1. The third-order valence-electron chi connectivity index (χ3n) is 3.17. The molecule has 3 rings (SSSR count). The van der Waals surface area contributed by atoms with Gasteiger partial charge >= 0.3 is 0 Å². The molecule has 0 N–H and O–H groups in total. The fraction of sp³-hybridized carbons (Fsp3) is 0.188. The van der Waals surface area contributed by atoms with Crippen LogP contribution in [0.2, 0.25) is 0 Å². The summed E-state index contributed by atoms with van der Waals surface area (Å²) in [6, 6.07) is 15.0. The summed E-state index contributed by atoms with van der Waals surface area (Å²) >= 11 is 1.65. The first-order chi connectivity index (χ1) is 9.79. The number of methoxy groups -OCH3 is 1. The van der Waals surface area contributed by atoms with Gasteiger partial charge in [-0.15, -0.1) is 11.8 Å². The number of hydrogen-bond donors (Lipinski definition) is 0. The van der Waals surface area contributed by atoms with Crippen molar-refractivity contribution in [1.29, 1.82) is 0 Å². The predicted octanol–water partition coefficient (Wildman–Crippen LogP) is 3.43. The number of carbonyl (C=O) groups is 1. The molecule has 0 bridgehead atoms. The second kappa shape index (κ2) is 5.59. The summed E-state index contributed by atoms with van der Waals surface area (Å²) in [5.41, 5.74) is 0.569. The summed E-state index contributed by atoms with van der Waals surface area (Å²) in [5, 5.41) is 0. The fourth-order valence-corrected chi connectivity index (χ4v) is 3.15. The molecular formula is C16H14O3S. The summed E-state index contributed by atoms with van der Waals surface area (Å²) in [6.45, 7) is 0. The maximum atomic E-state index is 12.6. The van der Waals surface area contributed by atoms with Gasteiger partial charge in [0.2, 0.25) is 5.78 Å². The molecule has 0 saturated carbocycles. The smallest absolute Gasteiger partial charge is 0.207 e. The Morgan fingerprint density at radius 2 is 1.95 bits per heavy atom. The summed E-state index contributed by atoms with van der Waals surface area (Å²) < 4.78 is 11.1. The lowest BCUT2D eigenvalue weighted by atomic mass is 10.1. The van der Waals surface area contributed by atoms with E-state index >= 15 is 0 Å². The van der Waals surface area contributed by atoms with Crippen molar-refractivity contribution >= 4 is 17.5 Å². The van der Waals surface area contributed by atoms with Crippen LogP contribution in [0.5, 0.6) is 11.5 Å². The number of benzene rings is 2. The van der Waals surface area contributed by atoms with Gasteiger partial charge in [-0.2, -0.15) is 0 Å². The molecule has 0 radical (unpaired) electrons. The molecule has 20 heavy (non-hydrogen) atoms. The summed E-state index contributed by atoms with van der Waals surface area (Å²) in [7, 11) is 1.57. The maximum absolute atomic E-state index is 12.6. The molecule has 0 amide bonds. The molecule has 1 unspecified atom stereocenters. The van der Waals surface area contributed by atoms with Crippen molar-refractivity contribution in [3.8, 4) is 11.5 Å². The number of rotatable bonds is 3. The van der Waals surface area contributed by atoms with E-state index in [1.54, 1.807) is 31.0 Å². The van der Waals surface area contributed by atoms with Gasteiger partial charge in [0.05, 0.1) is 12.7 Å². The van der Waals surface area contributed by atoms with Crippen LogP contribution in [0.3, 0.4) is 0 Å². The monoisotopic (exact) mass is 286 g/mol. The largest absolute Gasteiger partial charge is 0.496 e. The van der Waals surface area contributed by atoms with E-state index < -0.39 is 6.10 Å². The quantitative estimate of drug-likeness (QED) is 0.810. The number of thioether (sulfide) groups is 1. The standard InChI is InChI=1S/C16H14O3S/c1-18-12-7-3-2-6-11(12)16(17)14-10-20-15-9-5-4-8-13(15)19-14/h2-9,14H,10H2,1H3. The van der Waals surface area contributed by atoms with Crippen LogP contribution in [0, 0.1) is 0 Å². The lowest BCUT2D eigenvalue weighted by molar-refractivity contribution is 0.0812. The molecule has 2 aromatic carbocycles. The first-order valence-corrected chi connectivity index (χ1v) is 7.34. The summed E-state index contributed by atoms with van der Waals surface area (Å²) in [6.07, 6.45) is -0.466. The van der Waals surface area contributed by atoms with Crippen LogP contribution < -0.4 is 9.47 Å². The van der Waals surface area contributed by atoms with E-state index in [9.17, 15) is 4.79 Å². The number of ether oxygens (including phenoxy) is 2. The highest BCUT2D eigenvalue weighted by molar-refractivity contribution is 7.99. The topological polar surface area (TPSA) is 35.5 Å².